The standard InChI is InChI=1S/C11H16O3S/c1-9-4-5-11(10(2)8-9)15(13,14)7-3-6-12/h4-5,8,12H,3,6-7H2,1-2H3. The van der Waals surface area contributed by atoms with Crippen LogP contribution in [0.2, 0.25) is 0 Å². The summed E-state index contributed by atoms with van der Waals surface area (Å²) in [4.78, 5) is 0.376. The summed E-state index contributed by atoms with van der Waals surface area (Å²) in [6, 6.07) is 5.28. The molecule has 3 nitrogen and oxygen atoms in total. The number of rotatable bonds is 4. The van der Waals surface area contributed by atoms with Gasteiger partial charge >= 0.3 is 0 Å². The Hall–Kier alpha value is -0.870. The fraction of sp³-hybridized carbons (Fsp3) is 0.455. The first-order valence-electron chi connectivity index (χ1n) is 4.88. The third-order valence-electron chi connectivity index (χ3n) is 2.24. The minimum absolute atomic E-state index is 0.00734. The summed E-state index contributed by atoms with van der Waals surface area (Å²) in [6.07, 6.45) is 0.287. The van der Waals surface area contributed by atoms with E-state index in [0.717, 1.165) is 11.1 Å². The van der Waals surface area contributed by atoms with Crippen molar-refractivity contribution in [2.75, 3.05) is 12.4 Å². The maximum Gasteiger partial charge on any atom is 0.178 e. The minimum atomic E-state index is -3.23. The van der Waals surface area contributed by atoms with Gasteiger partial charge in [-0.15, -0.1) is 0 Å². The Balaban J connectivity index is 3.05. The van der Waals surface area contributed by atoms with Gasteiger partial charge in [-0.05, 0) is 31.9 Å². The molecule has 0 aromatic heterocycles. The summed E-state index contributed by atoms with van der Waals surface area (Å²) in [6.45, 7) is 3.63. The van der Waals surface area contributed by atoms with E-state index >= 15 is 0 Å². The Morgan fingerprint density at radius 1 is 1.27 bits per heavy atom. The Labute approximate surface area is 90.7 Å². The zero-order valence-electron chi connectivity index (χ0n) is 9.03. The van der Waals surface area contributed by atoms with E-state index in [1.807, 2.05) is 13.0 Å². The van der Waals surface area contributed by atoms with Crippen molar-refractivity contribution < 1.29 is 13.5 Å². The highest BCUT2D eigenvalue weighted by Crippen LogP contribution is 2.18. The highest BCUT2D eigenvalue weighted by Gasteiger charge is 2.15. The second kappa shape index (κ2) is 4.77. The van der Waals surface area contributed by atoms with Crippen LogP contribution in [0.15, 0.2) is 23.1 Å². The number of aliphatic hydroxyl groups is 1. The summed E-state index contributed by atoms with van der Waals surface area (Å²) in [5, 5.41) is 8.63. The van der Waals surface area contributed by atoms with Crippen molar-refractivity contribution in [1.29, 1.82) is 0 Å². The zero-order valence-corrected chi connectivity index (χ0v) is 9.84. The lowest BCUT2D eigenvalue weighted by Crippen LogP contribution is -2.09. The highest BCUT2D eigenvalue weighted by atomic mass is 32.2. The van der Waals surface area contributed by atoms with E-state index in [2.05, 4.69) is 0 Å². The molecule has 0 unspecified atom stereocenters. The number of hydrogen-bond acceptors (Lipinski definition) is 3. The molecule has 0 bridgehead atoms. The Morgan fingerprint density at radius 2 is 1.93 bits per heavy atom. The van der Waals surface area contributed by atoms with Crippen LogP contribution < -0.4 is 0 Å². The number of benzene rings is 1. The first-order chi connectivity index (χ1) is 6.97. The maximum absolute atomic E-state index is 11.8. The van der Waals surface area contributed by atoms with Crippen LogP contribution in [0.5, 0.6) is 0 Å². The Bertz CT molecular complexity index is 435. The van der Waals surface area contributed by atoms with Gasteiger partial charge < -0.3 is 5.11 Å². The van der Waals surface area contributed by atoms with Gasteiger partial charge in [0.2, 0.25) is 0 Å². The van der Waals surface area contributed by atoms with Crippen LogP contribution in [-0.2, 0) is 9.84 Å². The molecule has 0 fully saturated rings. The molecule has 0 heterocycles. The van der Waals surface area contributed by atoms with Crippen LogP contribution in [0.3, 0.4) is 0 Å². The molecular weight excluding hydrogens is 212 g/mol. The molecule has 1 aromatic carbocycles. The van der Waals surface area contributed by atoms with E-state index in [0.29, 0.717) is 4.90 Å². The highest BCUT2D eigenvalue weighted by molar-refractivity contribution is 7.91. The summed E-state index contributed by atoms with van der Waals surface area (Å²) >= 11 is 0. The SMILES string of the molecule is Cc1ccc(S(=O)(=O)CCCO)c(C)c1. The quantitative estimate of drug-likeness (QED) is 0.848. The zero-order chi connectivity index (χ0) is 11.5. The normalized spacial score (nSPS) is 11.7. The summed E-state index contributed by atoms with van der Waals surface area (Å²) < 4.78 is 23.6. The molecule has 0 saturated heterocycles. The number of aliphatic hydroxyl groups excluding tert-OH is 1. The van der Waals surface area contributed by atoms with Gasteiger partial charge in [-0.3, -0.25) is 0 Å². The van der Waals surface area contributed by atoms with Gasteiger partial charge in [0.1, 0.15) is 0 Å². The van der Waals surface area contributed by atoms with Gasteiger partial charge in [0.15, 0.2) is 9.84 Å². The molecule has 0 radical (unpaired) electrons. The van der Waals surface area contributed by atoms with Gasteiger partial charge in [-0.2, -0.15) is 0 Å². The van der Waals surface area contributed by atoms with Gasteiger partial charge in [-0.25, -0.2) is 8.42 Å². The van der Waals surface area contributed by atoms with E-state index < -0.39 is 9.84 Å². The van der Waals surface area contributed by atoms with Gasteiger partial charge in [-0.1, -0.05) is 17.7 Å². The van der Waals surface area contributed by atoms with Gasteiger partial charge in [0.25, 0.3) is 0 Å². The molecule has 84 valence electrons. The summed E-state index contributed by atoms with van der Waals surface area (Å²) in [5.74, 6) is 0.00734. The summed E-state index contributed by atoms with van der Waals surface area (Å²) in [7, 11) is -3.23. The lowest BCUT2D eigenvalue weighted by Gasteiger charge is -2.07. The van der Waals surface area contributed by atoms with Crippen molar-refractivity contribution in [3.63, 3.8) is 0 Å². The molecule has 4 heteroatoms. The molecule has 0 saturated carbocycles. The predicted molar refractivity (Wildman–Crippen MR) is 59.7 cm³/mol. The third-order valence-corrected chi connectivity index (χ3v) is 4.19. The fourth-order valence-electron chi connectivity index (χ4n) is 1.51. The second-order valence-corrected chi connectivity index (χ2v) is 5.74. The van der Waals surface area contributed by atoms with Crippen LogP contribution in [0, 0.1) is 13.8 Å². The van der Waals surface area contributed by atoms with Crippen LogP contribution in [0.1, 0.15) is 17.5 Å². The average Bonchev–Trinajstić information content (AvgIpc) is 2.14. The topological polar surface area (TPSA) is 54.4 Å². The fourth-order valence-corrected chi connectivity index (χ4v) is 3.07. The van der Waals surface area contributed by atoms with Crippen molar-refractivity contribution in [1.82, 2.24) is 0 Å². The number of sulfone groups is 1. The molecule has 0 amide bonds. The molecule has 1 aromatic rings. The predicted octanol–water partition coefficient (Wildman–Crippen LogP) is 1.46. The van der Waals surface area contributed by atoms with Crippen LogP contribution >= 0.6 is 0 Å². The van der Waals surface area contributed by atoms with Gasteiger partial charge in [0, 0.05) is 6.61 Å². The molecule has 0 aliphatic heterocycles. The molecule has 0 aliphatic carbocycles. The summed E-state index contributed by atoms with van der Waals surface area (Å²) in [5.41, 5.74) is 1.82. The van der Waals surface area contributed by atoms with Crippen LogP contribution in [0.25, 0.3) is 0 Å². The van der Waals surface area contributed by atoms with Crippen LogP contribution in [-0.4, -0.2) is 25.9 Å². The molecule has 1 N–H and O–H groups in total. The van der Waals surface area contributed by atoms with E-state index in [1.165, 1.54) is 0 Å². The van der Waals surface area contributed by atoms with E-state index in [9.17, 15) is 8.42 Å². The van der Waals surface area contributed by atoms with Crippen molar-refractivity contribution in [2.24, 2.45) is 0 Å². The lowest BCUT2D eigenvalue weighted by molar-refractivity contribution is 0.295. The first kappa shape index (κ1) is 12.2. The van der Waals surface area contributed by atoms with Gasteiger partial charge in [0.05, 0.1) is 10.6 Å². The Morgan fingerprint density at radius 3 is 2.47 bits per heavy atom. The van der Waals surface area contributed by atoms with Crippen molar-refractivity contribution in [3.8, 4) is 0 Å². The number of hydrogen-bond donors (Lipinski definition) is 1. The lowest BCUT2D eigenvalue weighted by atomic mass is 10.2. The molecule has 0 spiro atoms. The second-order valence-electron chi connectivity index (χ2n) is 3.66. The third kappa shape index (κ3) is 3.04. The molecule has 0 aliphatic rings. The van der Waals surface area contributed by atoms with Crippen molar-refractivity contribution in [2.45, 2.75) is 25.2 Å². The number of aryl methyl sites for hydroxylation is 2. The van der Waals surface area contributed by atoms with Crippen molar-refractivity contribution in [3.05, 3.63) is 29.3 Å². The van der Waals surface area contributed by atoms with E-state index in [-0.39, 0.29) is 18.8 Å². The van der Waals surface area contributed by atoms with E-state index in [1.54, 1.807) is 19.1 Å². The molecule has 1 rings (SSSR count). The van der Waals surface area contributed by atoms with Crippen LogP contribution in [0.4, 0.5) is 0 Å². The van der Waals surface area contributed by atoms with E-state index in [4.69, 9.17) is 5.11 Å². The van der Waals surface area contributed by atoms with Crippen molar-refractivity contribution >= 4 is 9.84 Å². The maximum atomic E-state index is 11.8. The monoisotopic (exact) mass is 228 g/mol. The first-order valence-corrected chi connectivity index (χ1v) is 6.53. The Kier molecular flexibility index (Phi) is 3.88. The molecule has 0 atom stereocenters. The largest absolute Gasteiger partial charge is 0.396 e. The smallest absolute Gasteiger partial charge is 0.178 e. The average molecular weight is 228 g/mol. The molecular formula is C11H16O3S. The minimum Gasteiger partial charge on any atom is -0.396 e. The molecule has 15 heavy (non-hydrogen) atoms.